The van der Waals surface area contributed by atoms with Gasteiger partial charge in [0.15, 0.2) is 0 Å². The highest BCUT2D eigenvalue weighted by Crippen LogP contribution is 1.95. The van der Waals surface area contributed by atoms with Crippen LogP contribution < -0.4 is 5.73 Å². The molecule has 0 radical (unpaired) electrons. The van der Waals surface area contributed by atoms with E-state index in [4.69, 9.17) is 15.9 Å². The van der Waals surface area contributed by atoms with Crippen LogP contribution in [-0.4, -0.2) is 47.0 Å². The molecule has 0 bridgehead atoms. The molecule has 214 valence electrons. The van der Waals surface area contributed by atoms with Gasteiger partial charge in [-0.1, -0.05) is 37.4 Å². The standard InChI is InChI=1S/2C7H7N.C6H6N2O.C6H5NO2.C6H7NO/c1-2-7-3-5-8-6-4-7;1-2-7-5-3-4-6-8-7;7-6(9)5-1-3-8-4-2-5;8-6(9)5-3-1-2-4-7-5;8-5-6-2-1-3-7-4-6/h2*2-6H,1H2;1-4H,(H2,7,9);1-4H,(H,8,9);1-4,8H,5H2. The Hall–Kier alpha value is -5.87. The lowest BCUT2D eigenvalue weighted by atomic mass is 10.3. The van der Waals surface area contributed by atoms with E-state index in [0.717, 1.165) is 16.8 Å². The van der Waals surface area contributed by atoms with Gasteiger partial charge in [-0.05, 0) is 71.8 Å². The Bertz CT molecular complexity index is 1330. The molecule has 0 spiro atoms. The highest BCUT2D eigenvalue weighted by molar-refractivity contribution is 5.92. The number of nitrogens with zero attached hydrogens (tertiary/aromatic N) is 5. The van der Waals surface area contributed by atoms with Crippen LogP contribution in [0.15, 0.2) is 136 Å². The second-order valence-corrected chi connectivity index (χ2v) is 7.58. The normalized spacial score (nSPS) is 8.79. The highest BCUT2D eigenvalue weighted by atomic mass is 16.4. The zero-order chi connectivity index (χ0) is 30.8. The maximum absolute atomic E-state index is 10.4. The molecule has 0 aromatic carbocycles. The first-order chi connectivity index (χ1) is 20.4. The minimum absolute atomic E-state index is 0.0772. The number of aliphatic hydroxyl groups excluding tert-OH is 1. The van der Waals surface area contributed by atoms with Crippen LogP contribution in [0.25, 0.3) is 12.2 Å². The minimum Gasteiger partial charge on any atom is -0.477 e. The lowest BCUT2D eigenvalue weighted by molar-refractivity contribution is 0.0690. The molecule has 1 amide bonds. The SMILES string of the molecule is C=Cc1ccccn1.C=Cc1ccncc1.NC(=O)c1ccncc1.O=C(O)c1ccccn1.OCc1cccnc1. The molecule has 0 atom stereocenters. The van der Waals surface area contributed by atoms with Crippen LogP contribution in [-0.2, 0) is 6.61 Å². The number of aromatic nitrogens is 5. The van der Waals surface area contributed by atoms with E-state index < -0.39 is 11.9 Å². The number of aromatic carboxylic acids is 1. The molecular formula is C32H32N6O4. The van der Waals surface area contributed by atoms with E-state index in [1.807, 2.05) is 36.4 Å². The number of hydrogen-bond donors (Lipinski definition) is 3. The Morgan fingerprint density at radius 1 is 0.714 bits per heavy atom. The molecule has 0 aliphatic rings. The molecule has 0 fully saturated rings. The van der Waals surface area contributed by atoms with Gasteiger partial charge in [-0.15, -0.1) is 0 Å². The third kappa shape index (κ3) is 16.2. The van der Waals surface area contributed by atoms with E-state index in [-0.39, 0.29) is 12.3 Å². The molecule has 4 N–H and O–H groups in total. The third-order valence-electron chi connectivity index (χ3n) is 4.59. The first-order valence-electron chi connectivity index (χ1n) is 12.3. The predicted molar refractivity (Wildman–Crippen MR) is 163 cm³/mol. The number of nitrogens with two attached hydrogens (primary N) is 1. The second-order valence-electron chi connectivity index (χ2n) is 7.58. The number of rotatable bonds is 5. The maximum atomic E-state index is 10.4. The van der Waals surface area contributed by atoms with Crippen LogP contribution in [0.2, 0.25) is 0 Å². The Labute approximate surface area is 244 Å². The third-order valence-corrected chi connectivity index (χ3v) is 4.59. The van der Waals surface area contributed by atoms with Crippen molar-refractivity contribution in [2.24, 2.45) is 5.73 Å². The van der Waals surface area contributed by atoms with Crippen LogP contribution in [0.4, 0.5) is 0 Å². The number of carboxylic acid groups (broad SMARTS) is 1. The Morgan fingerprint density at radius 3 is 1.64 bits per heavy atom. The van der Waals surface area contributed by atoms with Crippen molar-refractivity contribution in [3.8, 4) is 0 Å². The Kier molecular flexibility index (Phi) is 17.9. The Balaban J connectivity index is 0.000000263. The topological polar surface area (TPSA) is 165 Å². The quantitative estimate of drug-likeness (QED) is 0.267. The number of amides is 1. The first kappa shape index (κ1) is 34.2. The summed E-state index contributed by atoms with van der Waals surface area (Å²) < 4.78 is 0. The van der Waals surface area contributed by atoms with Crippen molar-refractivity contribution in [3.63, 3.8) is 0 Å². The number of primary amides is 1. The van der Waals surface area contributed by atoms with Gasteiger partial charge in [0.1, 0.15) is 5.69 Å². The summed E-state index contributed by atoms with van der Waals surface area (Å²) in [4.78, 5) is 39.5. The summed E-state index contributed by atoms with van der Waals surface area (Å²) >= 11 is 0. The number of aliphatic hydroxyl groups is 1. The summed E-state index contributed by atoms with van der Waals surface area (Å²) in [6, 6.07) is 21.1. The fourth-order valence-electron chi connectivity index (χ4n) is 2.49. The molecular weight excluding hydrogens is 532 g/mol. The average Bonchev–Trinajstić information content (AvgIpc) is 3.08. The van der Waals surface area contributed by atoms with Crippen molar-refractivity contribution in [1.29, 1.82) is 0 Å². The van der Waals surface area contributed by atoms with Crippen LogP contribution in [0, 0.1) is 0 Å². The van der Waals surface area contributed by atoms with E-state index >= 15 is 0 Å². The average molecular weight is 565 g/mol. The lowest BCUT2D eigenvalue weighted by Crippen LogP contribution is -2.10. The summed E-state index contributed by atoms with van der Waals surface area (Å²) in [6.45, 7) is 7.25. The van der Waals surface area contributed by atoms with Gasteiger partial charge in [-0.3, -0.25) is 24.7 Å². The minimum atomic E-state index is -0.990. The molecule has 5 aromatic heterocycles. The van der Waals surface area contributed by atoms with E-state index in [1.54, 1.807) is 73.5 Å². The molecule has 0 saturated carbocycles. The van der Waals surface area contributed by atoms with E-state index in [0.29, 0.717) is 5.56 Å². The van der Waals surface area contributed by atoms with E-state index in [1.165, 1.54) is 24.7 Å². The van der Waals surface area contributed by atoms with Crippen molar-refractivity contribution in [1.82, 2.24) is 24.9 Å². The van der Waals surface area contributed by atoms with E-state index in [2.05, 4.69) is 38.1 Å². The number of carbonyl (C=O) groups is 2. The molecule has 10 nitrogen and oxygen atoms in total. The zero-order valence-corrected chi connectivity index (χ0v) is 22.8. The largest absolute Gasteiger partial charge is 0.477 e. The van der Waals surface area contributed by atoms with Crippen molar-refractivity contribution in [2.75, 3.05) is 0 Å². The second kappa shape index (κ2) is 22.0. The summed E-state index contributed by atoms with van der Waals surface area (Å²) in [5, 5.41) is 16.8. The first-order valence-corrected chi connectivity index (χ1v) is 12.3. The number of carbonyl (C=O) groups excluding carboxylic acids is 1. The van der Waals surface area contributed by atoms with Crippen LogP contribution >= 0.6 is 0 Å². The van der Waals surface area contributed by atoms with Crippen molar-refractivity contribution in [3.05, 3.63) is 164 Å². The Morgan fingerprint density at radius 2 is 1.33 bits per heavy atom. The van der Waals surface area contributed by atoms with Gasteiger partial charge in [0, 0.05) is 55.1 Å². The van der Waals surface area contributed by atoms with Crippen LogP contribution in [0.1, 0.15) is 37.7 Å². The molecule has 0 saturated heterocycles. The number of hydrogen-bond acceptors (Lipinski definition) is 8. The maximum Gasteiger partial charge on any atom is 0.354 e. The van der Waals surface area contributed by atoms with Gasteiger partial charge in [-0.25, -0.2) is 9.78 Å². The lowest BCUT2D eigenvalue weighted by Gasteiger charge is -1.88. The summed E-state index contributed by atoms with van der Waals surface area (Å²) in [5.41, 5.74) is 8.41. The molecule has 5 aromatic rings. The smallest absolute Gasteiger partial charge is 0.354 e. The molecule has 10 heteroatoms. The number of carboxylic acids is 1. The van der Waals surface area contributed by atoms with Gasteiger partial charge < -0.3 is 15.9 Å². The molecule has 5 rings (SSSR count). The van der Waals surface area contributed by atoms with Crippen molar-refractivity contribution >= 4 is 24.0 Å². The summed E-state index contributed by atoms with van der Waals surface area (Å²) in [6.07, 6.45) is 16.6. The van der Waals surface area contributed by atoms with Gasteiger partial charge in [0.2, 0.25) is 5.91 Å². The molecule has 42 heavy (non-hydrogen) atoms. The fourth-order valence-corrected chi connectivity index (χ4v) is 2.49. The van der Waals surface area contributed by atoms with E-state index in [9.17, 15) is 9.59 Å². The van der Waals surface area contributed by atoms with Crippen molar-refractivity contribution in [2.45, 2.75) is 6.61 Å². The fraction of sp³-hybridized carbons (Fsp3) is 0.0312. The van der Waals surface area contributed by atoms with Crippen molar-refractivity contribution < 1.29 is 19.8 Å². The van der Waals surface area contributed by atoms with Crippen LogP contribution in [0.5, 0.6) is 0 Å². The van der Waals surface area contributed by atoms with Gasteiger partial charge in [0.25, 0.3) is 0 Å². The molecule has 5 heterocycles. The van der Waals surface area contributed by atoms with Gasteiger partial charge in [-0.2, -0.15) is 0 Å². The summed E-state index contributed by atoms with van der Waals surface area (Å²) in [5.74, 6) is -1.41. The molecule has 0 aliphatic carbocycles. The summed E-state index contributed by atoms with van der Waals surface area (Å²) in [7, 11) is 0. The van der Waals surface area contributed by atoms with Crippen LogP contribution in [0.3, 0.4) is 0 Å². The number of pyridine rings is 5. The highest BCUT2D eigenvalue weighted by Gasteiger charge is 1.99. The molecule has 0 unspecified atom stereocenters. The molecule has 0 aliphatic heterocycles. The monoisotopic (exact) mass is 564 g/mol. The zero-order valence-electron chi connectivity index (χ0n) is 22.8. The van der Waals surface area contributed by atoms with Gasteiger partial charge >= 0.3 is 5.97 Å². The predicted octanol–water partition coefficient (Wildman–Crippen LogP) is 4.98. The van der Waals surface area contributed by atoms with Gasteiger partial charge in [0.05, 0.1) is 12.3 Å².